The summed E-state index contributed by atoms with van der Waals surface area (Å²) in [6, 6.07) is 0. The minimum atomic E-state index is -0.0582. The Morgan fingerprint density at radius 3 is 2.19 bits per heavy atom. The Labute approximate surface area is 105 Å². The molecule has 0 unspecified atom stereocenters. The first-order valence-electron chi connectivity index (χ1n) is 6.38. The number of esters is 1. The van der Waals surface area contributed by atoms with E-state index in [1.54, 1.807) is 0 Å². The van der Waals surface area contributed by atoms with Crippen LogP contribution in [-0.2, 0) is 9.53 Å². The molecular formula is C13H25ClO2. The molecule has 0 bridgehead atoms. The lowest BCUT2D eigenvalue weighted by molar-refractivity contribution is -0.144. The smallest absolute Gasteiger partial charge is 0.306 e. The standard InChI is InChI=1S/C13H25ClO2/c1-12(2)11-13(15)16-10-8-6-4-3-5-7-9-14/h12H,3-11H2,1-2H3. The van der Waals surface area contributed by atoms with Gasteiger partial charge in [-0.1, -0.05) is 39.5 Å². The lowest BCUT2D eigenvalue weighted by Gasteiger charge is -2.06. The van der Waals surface area contributed by atoms with Gasteiger partial charge in [-0.2, -0.15) is 0 Å². The van der Waals surface area contributed by atoms with Crippen LogP contribution in [0.5, 0.6) is 0 Å². The first kappa shape index (κ1) is 15.8. The van der Waals surface area contributed by atoms with E-state index in [0.717, 1.165) is 25.1 Å². The number of carbonyl (C=O) groups excluding carboxylic acids is 1. The third kappa shape index (κ3) is 11.8. The highest BCUT2D eigenvalue weighted by molar-refractivity contribution is 6.17. The molecule has 0 N–H and O–H groups in total. The third-order valence-corrected chi connectivity index (χ3v) is 2.63. The van der Waals surface area contributed by atoms with Crippen LogP contribution in [0, 0.1) is 5.92 Å². The van der Waals surface area contributed by atoms with Gasteiger partial charge >= 0.3 is 5.97 Å². The van der Waals surface area contributed by atoms with E-state index < -0.39 is 0 Å². The summed E-state index contributed by atoms with van der Waals surface area (Å²) in [5.74, 6) is 1.10. The number of halogens is 1. The van der Waals surface area contributed by atoms with E-state index in [0.29, 0.717) is 18.9 Å². The van der Waals surface area contributed by atoms with Gasteiger partial charge in [0.05, 0.1) is 6.61 Å². The van der Waals surface area contributed by atoms with Gasteiger partial charge in [-0.3, -0.25) is 4.79 Å². The van der Waals surface area contributed by atoms with Crippen LogP contribution in [0.25, 0.3) is 0 Å². The van der Waals surface area contributed by atoms with Crippen LogP contribution in [0.15, 0.2) is 0 Å². The molecule has 0 saturated carbocycles. The summed E-state index contributed by atoms with van der Waals surface area (Å²) in [4.78, 5) is 11.2. The zero-order valence-electron chi connectivity index (χ0n) is 10.6. The van der Waals surface area contributed by atoms with Crippen LogP contribution in [0.3, 0.4) is 0 Å². The molecule has 2 nitrogen and oxygen atoms in total. The minimum Gasteiger partial charge on any atom is -0.466 e. The maximum atomic E-state index is 11.2. The number of hydrogen-bond donors (Lipinski definition) is 0. The van der Waals surface area contributed by atoms with Gasteiger partial charge in [0.1, 0.15) is 0 Å². The molecule has 0 aromatic carbocycles. The Morgan fingerprint density at radius 2 is 1.62 bits per heavy atom. The fraction of sp³-hybridized carbons (Fsp3) is 0.923. The lowest BCUT2D eigenvalue weighted by Crippen LogP contribution is -2.08. The normalized spacial score (nSPS) is 10.8. The quantitative estimate of drug-likeness (QED) is 0.330. The summed E-state index contributed by atoms with van der Waals surface area (Å²) in [6.45, 7) is 4.64. The highest BCUT2D eigenvalue weighted by Crippen LogP contribution is 2.07. The molecule has 0 rings (SSSR count). The van der Waals surface area contributed by atoms with Gasteiger partial charge in [-0.25, -0.2) is 0 Å². The molecule has 0 heterocycles. The number of ether oxygens (including phenoxy) is 1. The summed E-state index contributed by atoms with van der Waals surface area (Å²) in [6.07, 6.45) is 7.48. The summed E-state index contributed by atoms with van der Waals surface area (Å²) in [7, 11) is 0. The summed E-state index contributed by atoms with van der Waals surface area (Å²) in [5, 5.41) is 0. The van der Waals surface area contributed by atoms with E-state index in [2.05, 4.69) is 0 Å². The monoisotopic (exact) mass is 248 g/mol. The van der Waals surface area contributed by atoms with Crippen molar-refractivity contribution in [3.05, 3.63) is 0 Å². The van der Waals surface area contributed by atoms with Crippen molar-refractivity contribution in [1.82, 2.24) is 0 Å². The lowest BCUT2D eigenvalue weighted by atomic mass is 10.1. The highest BCUT2D eigenvalue weighted by atomic mass is 35.5. The highest BCUT2D eigenvalue weighted by Gasteiger charge is 2.04. The van der Waals surface area contributed by atoms with Gasteiger partial charge in [0.25, 0.3) is 0 Å². The fourth-order valence-electron chi connectivity index (χ4n) is 1.48. The van der Waals surface area contributed by atoms with Crippen molar-refractivity contribution in [3.63, 3.8) is 0 Å². The van der Waals surface area contributed by atoms with E-state index in [-0.39, 0.29) is 5.97 Å². The van der Waals surface area contributed by atoms with Crippen LogP contribution < -0.4 is 0 Å². The first-order valence-corrected chi connectivity index (χ1v) is 6.92. The maximum absolute atomic E-state index is 11.2. The summed E-state index contributed by atoms with van der Waals surface area (Å²) < 4.78 is 5.12. The van der Waals surface area contributed by atoms with Crippen LogP contribution in [0.1, 0.15) is 58.8 Å². The third-order valence-electron chi connectivity index (χ3n) is 2.37. The molecule has 0 amide bonds. The average Bonchev–Trinajstić information content (AvgIpc) is 2.21. The Kier molecular flexibility index (Phi) is 11.1. The van der Waals surface area contributed by atoms with E-state index >= 15 is 0 Å². The zero-order chi connectivity index (χ0) is 12.2. The zero-order valence-corrected chi connectivity index (χ0v) is 11.4. The number of alkyl halides is 1. The first-order chi connectivity index (χ1) is 7.66. The Balaban J connectivity index is 3.11. The van der Waals surface area contributed by atoms with E-state index in [4.69, 9.17) is 16.3 Å². The predicted molar refractivity (Wildman–Crippen MR) is 68.8 cm³/mol. The molecule has 96 valence electrons. The molecule has 16 heavy (non-hydrogen) atoms. The molecule has 0 aromatic rings. The van der Waals surface area contributed by atoms with Crippen molar-refractivity contribution >= 4 is 17.6 Å². The molecule has 0 saturated heterocycles. The number of carbonyl (C=O) groups is 1. The predicted octanol–water partition coefficient (Wildman–Crippen LogP) is 4.16. The Bertz CT molecular complexity index is 169. The van der Waals surface area contributed by atoms with Crippen molar-refractivity contribution < 1.29 is 9.53 Å². The van der Waals surface area contributed by atoms with Gasteiger partial charge < -0.3 is 4.74 Å². The van der Waals surface area contributed by atoms with Crippen molar-refractivity contribution in [2.24, 2.45) is 5.92 Å². The van der Waals surface area contributed by atoms with Crippen molar-refractivity contribution in [1.29, 1.82) is 0 Å². The second-order valence-electron chi connectivity index (χ2n) is 4.63. The molecule has 0 atom stereocenters. The van der Waals surface area contributed by atoms with Gasteiger partial charge in [0, 0.05) is 12.3 Å². The largest absolute Gasteiger partial charge is 0.466 e. The van der Waals surface area contributed by atoms with E-state index in [1.807, 2.05) is 13.8 Å². The van der Waals surface area contributed by atoms with Crippen LogP contribution in [0.4, 0.5) is 0 Å². The number of unbranched alkanes of at least 4 members (excludes halogenated alkanes) is 5. The molecule has 0 aromatic heterocycles. The van der Waals surface area contributed by atoms with E-state index in [1.165, 1.54) is 19.3 Å². The van der Waals surface area contributed by atoms with E-state index in [9.17, 15) is 4.79 Å². The molecule has 0 aliphatic rings. The summed E-state index contributed by atoms with van der Waals surface area (Å²) in [5.41, 5.74) is 0. The minimum absolute atomic E-state index is 0.0582. The van der Waals surface area contributed by atoms with Gasteiger partial charge in [-0.05, 0) is 18.8 Å². The second kappa shape index (κ2) is 11.3. The fourth-order valence-corrected chi connectivity index (χ4v) is 1.67. The molecule has 0 aliphatic carbocycles. The summed E-state index contributed by atoms with van der Waals surface area (Å²) >= 11 is 5.58. The molecule has 0 radical (unpaired) electrons. The van der Waals surface area contributed by atoms with Crippen LogP contribution >= 0.6 is 11.6 Å². The van der Waals surface area contributed by atoms with Gasteiger partial charge in [0.2, 0.25) is 0 Å². The van der Waals surface area contributed by atoms with Crippen LogP contribution in [-0.4, -0.2) is 18.5 Å². The molecule has 3 heteroatoms. The number of rotatable bonds is 10. The average molecular weight is 249 g/mol. The molecular weight excluding hydrogens is 224 g/mol. The van der Waals surface area contributed by atoms with Crippen LogP contribution in [0.2, 0.25) is 0 Å². The van der Waals surface area contributed by atoms with Crippen molar-refractivity contribution in [2.45, 2.75) is 58.8 Å². The van der Waals surface area contributed by atoms with Crippen molar-refractivity contribution in [2.75, 3.05) is 12.5 Å². The van der Waals surface area contributed by atoms with Gasteiger partial charge in [0.15, 0.2) is 0 Å². The van der Waals surface area contributed by atoms with Crippen molar-refractivity contribution in [3.8, 4) is 0 Å². The topological polar surface area (TPSA) is 26.3 Å². The molecule has 0 fully saturated rings. The van der Waals surface area contributed by atoms with Gasteiger partial charge in [-0.15, -0.1) is 11.6 Å². The number of hydrogen-bond acceptors (Lipinski definition) is 2. The SMILES string of the molecule is CC(C)CC(=O)OCCCCCCCCCl. The maximum Gasteiger partial charge on any atom is 0.306 e. The molecule has 0 aliphatic heterocycles. The Hall–Kier alpha value is -0.240. The molecule has 0 spiro atoms. The Morgan fingerprint density at radius 1 is 1.06 bits per heavy atom. The second-order valence-corrected chi connectivity index (χ2v) is 5.01.